The lowest BCUT2D eigenvalue weighted by atomic mass is 10.1. The Morgan fingerprint density at radius 2 is 2.04 bits per heavy atom. The van der Waals surface area contributed by atoms with Crippen molar-refractivity contribution >= 4 is 50.9 Å². The van der Waals surface area contributed by atoms with Gasteiger partial charge in [-0.25, -0.2) is 4.98 Å². The summed E-state index contributed by atoms with van der Waals surface area (Å²) >= 11 is 10.6. The molecule has 0 radical (unpaired) electrons. The molecule has 25 heavy (non-hydrogen) atoms. The second-order valence-electron chi connectivity index (χ2n) is 5.19. The Labute approximate surface area is 162 Å². The molecule has 3 aromatic rings. The second kappa shape index (κ2) is 8.51. The first-order valence-corrected chi connectivity index (χ1v) is 9.59. The second-order valence-corrected chi connectivity index (χ2v) is 7.40. The van der Waals surface area contributed by atoms with Gasteiger partial charge >= 0.3 is 0 Å². The number of aromatic amines is 1. The van der Waals surface area contributed by atoms with Gasteiger partial charge in [-0.2, -0.15) is 0 Å². The van der Waals surface area contributed by atoms with Crippen LogP contribution in [0.5, 0.6) is 0 Å². The van der Waals surface area contributed by atoms with Crippen LogP contribution in [0.15, 0.2) is 58.2 Å². The number of aromatic nitrogens is 3. The van der Waals surface area contributed by atoms with Gasteiger partial charge in [0, 0.05) is 16.6 Å². The van der Waals surface area contributed by atoms with Crippen LogP contribution in [0.1, 0.15) is 11.4 Å². The molecule has 5 nitrogen and oxygen atoms in total. The molecular weight excluding hydrogens is 424 g/mol. The SMILES string of the molecule is O=C(CSc1n[nH]c(Cc2ccccc2)n1)Nc1ccc(Br)c(Cl)c1. The van der Waals surface area contributed by atoms with E-state index in [2.05, 4.69) is 36.4 Å². The molecule has 1 heterocycles. The van der Waals surface area contributed by atoms with Crippen molar-refractivity contribution in [1.82, 2.24) is 15.2 Å². The quantitative estimate of drug-likeness (QED) is 0.555. The maximum absolute atomic E-state index is 12.0. The Morgan fingerprint density at radius 3 is 2.80 bits per heavy atom. The van der Waals surface area contributed by atoms with Crippen molar-refractivity contribution in [3.05, 3.63) is 69.4 Å². The lowest BCUT2D eigenvalue weighted by molar-refractivity contribution is -0.113. The van der Waals surface area contributed by atoms with Crippen LogP contribution in [0.4, 0.5) is 5.69 Å². The maximum atomic E-state index is 12.0. The summed E-state index contributed by atoms with van der Waals surface area (Å²) in [6.07, 6.45) is 0.679. The van der Waals surface area contributed by atoms with Gasteiger partial charge in [0.05, 0.1) is 10.8 Å². The molecule has 2 N–H and O–H groups in total. The molecule has 0 spiro atoms. The van der Waals surface area contributed by atoms with Crippen molar-refractivity contribution in [1.29, 1.82) is 0 Å². The average molecular weight is 438 g/mol. The van der Waals surface area contributed by atoms with Crippen molar-refractivity contribution in [2.75, 3.05) is 11.1 Å². The first kappa shape index (κ1) is 18.0. The van der Waals surface area contributed by atoms with Crippen molar-refractivity contribution in [2.24, 2.45) is 0 Å². The van der Waals surface area contributed by atoms with E-state index < -0.39 is 0 Å². The molecule has 2 aromatic carbocycles. The molecule has 0 aliphatic carbocycles. The van der Waals surface area contributed by atoms with E-state index in [0.29, 0.717) is 22.3 Å². The summed E-state index contributed by atoms with van der Waals surface area (Å²) in [4.78, 5) is 16.4. The van der Waals surface area contributed by atoms with Gasteiger partial charge in [-0.15, -0.1) is 5.10 Å². The van der Waals surface area contributed by atoms with Gasteiger partial charge < -0.3 is 5.32 Å². The highest BCUT2D eigenvalue weighted by Crippen LogP contribution is 2.25. The van der Waals surface area contributed by atoms with E-state index in [4.69, 9.17) is 11.6 Å². The Balaban J connectivity index is 1.51. The van der Waals surface area contributed by atoms with E-state index in [9.17, 15) is 4.79 Å². The number of hydrogen-bond donors (Lipinski definition) is 2. The lowest BCUT2D eigenvalue weighted by Gasteiger charge is -2.05. The molecule has 0 saturated heterocycles. The fourth-order valence-electron chi connectivity index (χ4n) is 2.11. The summed E-state index contributed by atoms with van der Waals surface area (Å²) in [6, 6.07) is 15.3. The molecule has 1 amide bonds. The van der Waals surface area contributed by atoms with Crippen LogP contribution in [-0.4, -0.2) is 26.8 Å². The maximum Gasteiger partial charge on any atom is 0.234 e. The van der Waals surface area contributed by atoms with Crippen LogP contribution in [0.25, 0.3) is 0 Å². The summed E-state index contributed by atoms with van der Waals surface area (Å²) in [6.45, 7) is 0. The molecule has 8 heteroatoms. The zero-order valence-electron chi connectivity index (χ0n) is 13.0. The van der Waals surface area contributed by atoms with Gasteiger partial charge in [-0.3, -0.25) is 9.89 Å². The number of thioether (sulfide) groups is 1. The number of anilines is 1. The number of halogens is 2. The minimum Gasteiger partial charge on any atom is -0.325 e. The van der Waals surface area contributed by atoms with E-state index >= 15 is 0 Å². The van der Waals surface area contributed by atoms with Crippen molar-refractivity contribution < 1.29 is 4.79 Å². The molecule has 3 rings (SSSR count). The molecule has 1 aromatic heterocycles. The van der Waals surface area contributed by atoms with Crippen molar-refractivity contribution in [2.45, 2.75) is 11.6 Å². The summed E-state index contributed by atoms with van der Waals surface area (Å²) < 4.78 is 0.785. The number of rotatable bonds is 6. The number of H-pyrrole nitrogens is 1. The Kier molecular flexibility index (Phi) is 6.12. The smallest absolute Gasteiger partial charge is 0.234 e. The highest BCUT2D eigenvalue weighted by atomic mass is 79.9. The molecule has 0 atom stereocenters. The van der Waals surface area contributed by atoms with E-state index in [1.54, 1.807) is 18.2 Å². The van der Waals surface area contributed by atoms with E-state index in [0.717, 1.165) is 15.9 Å². The molecule has 0 bridgehead atoms. The first-order valence-electron chi connectivity index (χ1n) is 7.43. The lowest BCUT2D eigenvalue weighted by Crippen LogP contribution is -2.14. The summed E-state index contributed by atoms with van der Waals surface area (Å²) in [7, 11) is 0. The molecular formula is C17H14BrClN4OS. The highest BCUT2D eigenvalue weighted by molar-refractivity contribution is 9.10. The minimum absolute atomic E-state index is 0.141. The van der Waals surface area contributed by atoms with Gasteiger partial charge in [-0.05, 0) is 39.7 Å². The number of carbonyl (C=O) groups excluding carboxylic acids is 1. The van der Waals surface area contributed by atoms with E-state index in [1.807, 2.05) is 30.3 Å². The standard InChI is InChI=1S/C17H14BrClN4OS/c18-13-7-6-12(9-14(13)19)20-16(24)10-25-17-21-15(22-23-17)8-11-4-2-1-3-5-11/h1-7,9H,8,10H2,(H,20,24)(H,21,22,23). The Morgan fingerprint density at radius 1 is 1.24 bits per heavy atom. The molecule has 0 aliphatic rings. The van der Waals surface area contributed by atoms with Gasteiger partial charge in [0.25, 0.3) is 0 Å². The average Bonchev–Trinajstić information content (AvgIpc) is 3.05. The highest BCUT2D eigenvalue weighted by Gasteiger charge is 2.09. The van der Waals surface area contributed by atoms with E-state index in [1.165, 1.54) is 11.8 Å². The molecule has 0 unspecified atom stereocenters. The third-order valence-electron chi connectivity index (χ3n) is 3.26. The zero-order valence-corrected chi connectivity index (χ0v) is 16.2. The van der Waals surface area contributed by atoms with Crippen LogP contribution >= 0.6 is 39.3 Å². The summed E-state index contributed by atoms with van der Waals surface area (Å²) in [5, 5.41) is 10.9. The van der Waals surface area contributed by atoms with Crippen LogP contribution in [0, 0.1) is 0 Å². The van der Waals surface area contributed by atoms with Crippen molar-refractivity contribution in [3.8, 4) is 0 Å². The molecule has 0 aliphatic heterocycles. The third-order valence-corrected chi connectivity index (χ3v) is 5.34. The number of hydrogen-bond acceptors (Lipinski definition) is 4. The van der Waals surface area contributed by atoms with Crippen LogP contribution in [0.3, 0.4) is 0 Å². The van der Waals surface area contributed by atoms with Gasteiger partial charge in [0.15, 0.2) is 0 Å². The summed E-state index contributed by atoms with van der Waals surface area (Å²) in [5.74, 6) is 0.850. The van der Waals surface area contributed by atoms with Crippen LogP contribution in [-0.2, 0) is 11.2 Å². The van der Waals surface area contributed by atoms with E-state index in [-0.39, 0.29) is 11.7 Å². The van der Waals surface area contributed by atoms with Crippen LogP contribution in [0.2, 0.25) is 5.02 Å². The molecule has 128 valence electrons. The third kappa shape index (κ3) is 5.32. The van der Waals surface area contributed by atoms with Gasteiger partial charge in [0.1, 0.15) is 5.82 Å². The van der Waals surface area contributed by atoms with Gasteiger partial charge in [-0.1, -0.05) is 53.7 Å². The number of nitrogens with zero attached hydrogens (tertiary/aromatic N) is 2. The number of carbonyl (C=O) groups is 1. The van der Waals surface area contributed by atoms with Crippen LogP contribution < -0.4 is 5.32 Å². The Hall–Kier alpha value is -1.83. The first-order chi connectivity index (χ1) is 12.1. The monoisotopic (exact) mass is 436 g/mol. The number of amides is 1. The fraction of sp³-hybridized carbons (Fsp3) is 0.118. The minimum atomic E-state index is -0.141. The predicted molar refractivity (Wildman–Crippen MR) is 104 cm³/mol. The topological polar surface area (TPSA) is 70.7 Å². The largest absolute Gasteiger partial charge is 0.325 e. The normalized spacial score (nSPS) is 10.6. The molecule has 0 fully saturated rings. The summed E-state index contributed by atoms with van der Waals surface area (Å²) in [5.41, 5.74) is 1.80. The fourth-order valence-corrected chi connectivity index (χ4v) is 3.16. The molecule has 0 saturated carbocycles. The number of benzene rings is 2. The Bertz CT molecular complexity index is 872. The zero-order chi connectivity index (χ0) is 17.6. The van der Waals surface area contributed by atoms with Gasteiger partial charge in [0.2, 0.25) is 11.1 Å². The number of nitrogens with one attached hydrogen (secondary N) is 2. The van der Waals surface area contributed by atoms with Crippen molar-refractivity contribution in [3.63, 3.8) is 0 Å². The predicted octanol–water partition coefficient (Wildman–Crippen LogP) is 4.54.